The lowest BCUT2D eigenvalue weighted by Gasteiger charge is -2.10. The summed E-state index contributed by atoms with van der Waals surface area (Å²) in [5.74, 6) is 0.0607. The van der Waals surface area contributed by atoms with E-state index in [0.29, 0.717) is 16.6 Å². The first-order chi connectivity index (χ1) is 14.8. The lowest BCUT2D eigenvalue weighted by Crippen LogP contribution is -2.13. The van der Waals surface area contributed by atoms with Crippen LogP contribution in [0.2, 0.25) is 0 Å². The number of ether oxygens (including phenoxy) is 2. The summed E-state index contributed by atoms with van der Waals surface area (Å²) in [6.07, 6.45) is 0.420. The molecule has 3 N–H and O–H groups in total. The summed E-state index contributed by atoms with van der Waals surface area (Å²) in [7, 11) is -3.91. The fraction of sp³-hybridized carbons (Fsp3) is 0.143. The highest BCUT2D eigenvalue weighted by Crippen LogP contribution is 2.32. The van der Waals surface area contributed by atoms with Crippen LogP contribution in [0.5, 0.6) is 5.75 Å². The Labute approximate surface area is 177 Å². The number of nitrogens with one attached hydrogen (secondary N) is 3. The first-order valence-corrected chi connectivity index (χ1v) is 10.9. The Morgan fingerprint density at radius 2 is 1.87 bits per heavy atom. The molecule has 4 aromatic rings. The van der Waals surface area contributed by atoms with Gasteiger partial charge in [-0.15, -0.1) is 0 Å². The smallest absolute Gasteiger partial charge is 0.434 e. The van der Waals surface area contributed by atoms with Crippen LogP contribution in [0.3, 0.4) is 0 Å². The topological polar surface area (TPSA) is 130 Å². The largest absolute Gasteiger partial charge is 0.513 e. The third-order valence-corrected chi connectivity index (χ3v) is 6.03. The second-order valence-electron chi connectivity index (χ2n) is 6.82. The number of rotatable bonds is 5. The number of aryl methyl sites for hydroxylation is 1. The number of carbonyl (C=O) groups excluding carboxylic acids is 1. The van der Waals surface area contributed by atoms with E-state index >= 15 is 0 Å². The van der Waals surface area contributed by atoms with Crippen LogP contribution in [0.25, 0.3) is 21.8 Å². The van der Waals surface area contributed by atoms with Gasteiger partial charge in [-0.3, -0.25) is 9.52 Å². The van der Waals surface area contributed by atoms with Crippen molar-refractivity contribution in [3.63, 3.8) is 0 Å². The Hall–Kier alpha value is -3.79. The molecule has 0 radical (unpaired) electrons. The number of hydrogen-bond donors (Lipinski definition) is 3. The maximum Gasteiger partial charge on any atom is 0.513 e. The highest BCUT2D eigenvalue weighted by molar-refractivity contribution is 7.92. The molecule has 10 heteroatoms. The summed E-state index contributed by atoms with van der Waals surface area (Å²) in [5, 5.41) is 0.668. The zero-order chi connectivity index (χ0) is 22.2. The second-order valence-corrected chi connectivity index (χ2v) is 8.50. The van der Waals surface area contributed by atoms with Crippen LogP contribution in [0.4, 0.5) is 10.5 Å². The highest BCUT2D eigenvalue weighted by Gasteiger charge is 2.20. The number of pyridine rings is 1. The first-order valence-electron chi connectivity index (χ1n) is 9.39. The SMILES string of the molecule is CCOC(=O)Oc1c[nH]c2c(=O)[nH]c3ccc(S(=O)(=O)Nc4ccc(C)cc4)cc3c12. The van der Waals surface area contributed by atoms with E-state index in [1.54, 1.807) is 31.2 Å². The van der Waals surface area contributed by atoms with E-state index in [9.17, 15) is 18.0 Å². The minimum atomic E-state index is -3.91. The molecule has 0 aliphatic rings. The predicted molar refractivity (Wildman–Crippen MR) is 116 cm³/mol. The van der Waals surface area contributed by atoms with Crippen molar-refractivity contribution in [3.8, 4) is 5.75 Å². The average Bonchev–Trinajstić information content (AvgIpc) is 3.14. The molecule has 0 saturated heterocycles. The summed E-state index contributed by atoms with van der Waals surface area (Å²) >= 11 is 0. The molecule has 9 nitrogen and oxygen atoms in total. The van der Waals surface area contributed by atoms with Crippen molar-refractivity contribution >= 4 is 43.7 Å². The Morgan fingerprint density at radius 1 is 1.13 bits per heavy atom. The molecule has 0 amide bonds. The molecule has 0 aliphatic heterocycles. The lowest BCUT2D eigenvalue weighted by molar-refractivity contribution is 0.105. The molecular weight excluding hydrogens is 422 g/mol. The van der Waals surface area contributed by atoms with Crippen molar-refractivity contribution in [2.45, 2.75) is 18.7 Å². The molecule has 0 spiro atoms. The van der Waals surface area contributed by atoms with E-state index in [2.05, 4.69) is 14.7 Å². The molecule has 2 aromatic heterocycles. The standard InChI is InChI=1S/C21H19N3O6S/c1-3-29-21(26)30-17-11-22-19-18(17)15-10-14(8-9-16(15)23-20(19)25)31(27,28)24-13-6-4-12(2)5-7-13/h4-11,22,24H,3H2,1-2H3,(H,23,25). The first kappa shape index (κ1) is 20.5. The van der Waals surface area contributed by atoms with Gasteiger partial charge < -0.3 is 19.4 Å². The van der Waals surface area contributed by atoms with Gasteiger partial charge in [-0.2, -0.15) is 0 Å². The number of sulfonamides is 1. The predicted octanol–water partition coefficient (Wildman–Crippen LogP) is 3.65. The van der Waals surface area contributed by atoms with Crippen LogP contribution >= 0.6 is 0 Å². The minimum absolute atomic E-state index is 0.0165. The summed E-state index contributed by atoms with van der Waals surface area (Å²) < 4.78 is 38.4. The van der Waals surface area contributed by atoms with Crippen molar-refractivity contribution in [3.05, 3.63) is 64.6 Å². The molecule has 0 unspecified atom stereocenters. The summed E-state index contributed by atoms with van der Waals surface area (Å²) in [5.41, 5.74) is 1.52. The number of fused-ring (bicyclic) bond motifs is 3. The molecule has 160 valence electrons. The molecule has 4 rings (SSSR count). The third kappa shape index (κ3) is 3.97. The van der Waals surface area contributed by atoms with Crippen molar-refractivity contribution in [1.29, 1.82) is 0 Å². The van der Waals surface area contributed by atoms with Gasteiger partial charge in [-0.1, -0.05) is 17.7 Å². The van der Waals surface area contributed by atoms with Crippen LogP contribution in [0.15, 0.2) is 58.4 Å². The van der Waals surface area contributed by atoms with E-state index in [4.69, 9.17) is 9.47 Å². The summed E-state index contributed by atoms with van der Waals surface area (Å²) in [6, 6.07) is 11.2. The molecule has 0 aliphatic carbocycles. The maximum absolute atomic E-state index is 12.9. The van der Waals surface area contributed by atoms with Gasteiger partial charge >= 0.3 is 6.16 Å². The van der Waals surface area contributed by atoms with Gasteiger partial charge in [0.25, 0.3) is 15.6 Å². The van der Waals surface area contributed by atoms with E-state index in [-0.39, 0.29) is 28.2 Å². The third-order valence-electron chi connectivity index (χ3n) is 4.65. The number of benzene rings is 2. The lowest BCUT2D eigenvalue weighted by atomic mass is 10.1. The zero-order valence-corrected chi connectivity index (χ0v) is 17.5. The molecule has 31 heavy (non-hydrogen) atoms. The highest BCUT2D eigenvalue weighted by atomic mass is 32.2. The summed E-state index contributed by atoms with van der Waals surface area (Å²) in [4.78, 5) is 29.6. The minimum Gasteiger partial charge on any atom is -0.434 e. The van der Waals surface area contributed by atoms with Crippen LogP contribution < -0.4 is 15.0 Å². The van der Waals surface area contributed by atoms with Gasteiger partial charge in [0.15, 0.2) is 5.75 Å². The Balaban J connectivity index is 1.83. The van der Waals surface area contributed by atoms with E-state index in [0.717, 1.165) is 5.56 Å². The van der Waals surface area contributed by atoms with Crippen LogP contribution in [-0.2, 0) is 14.8 Å². The average molecular weight is 441 g/mol. The Bertz CT molecular complexity index is 1450. The van der Waals surface area contributed by atoms with E-state index in [1.165, 1.54) is 24.4 Å². The van der Waals surface area contributed by atoms with Crippen LogP contribution in [0.1, 0.15) is 12.5 Å². The molecule has 2 heterocycles. The van der Waals surface area contributed by atoms with Crippen molar-refractivity contribution in [2.24, 2.45) is 0 Å². The van der Waals surface area contributed by atoms with Gasteiger partial charge in [0.05, 0.1) is 16.9 Å². The Kier molecular flexibility index (Phi) is 5.15. The number of anilines is 1. The van der Waals surface area contributed by atoms with Crippen molar-refractivity contribution in [1.82, 2.24) is 9.97 Å². The van der Waals surface area contributed by atoms with Gasteiger partial charge in [0, 0.05) is 22.8 Å². The number of carbonyl (C=O) groups is 1. The fourth-order valence-electron chi connectivity index (χ4n) is 3.20. The van der Waals surface area contributed by atoms with E-state index in [1.807, 2.05) is 6.92 Å². The maximum atomic E-state index is 12.9. The second kappa shape index (κ2) is 7.80. The molecule has 0 saturated carbocycles. The van der Waals surface area contributed by atoms with Gasteiger partial charge in [-0.05, 0) is 44.2 Å². The Morgan fingerprint density at radius 3 is 2.58 bits per heavy atom. The summed E-state index contributed by atoms with van der Waals surface area (Å²) in [6.45, 7) is 3.66. The molecular formula is C21H19N3O6S. The molecule has 0 atom stereocenters. The van der Waals surface area contributed by atoms with E-state index < -0.39 is 21.7 Å². The number of H-pyrrole nitrogens is 2. The monoisotopic (exact) mass is 441 g/mol. The fourth-order valence-corrected chi connectivity index (χ4v) is 4.28. The van der Waals surface area contributed by atoms with Crippen molar-refractivity contribution in [2.75, 3.05) is 11.3 Å². The van der Waals surface area contributed by atoms with Gasteiger partial charge in [0.2, 0.25) is 0 Å². The quantitative estimate of drug-likeness (QED) is 0.405. The molecule has 0 bridgehead atoms. The van der Waals surface area contributed by atoms with Crippen LogP contribution in [0, 0.1) is 6.92 Å². The van der Waals surface area contributed by atoms with Gasteiger partial charge in [-0.25, -0.2) is 13.2 Å². The van der Waals surface area contributed by atoms with Crippen molar-refractivity contribution < 1.29 is 22.7 Å². The molecule has 0 fully saturated rings. The zero-order valence-electron chi connectivity index (χ0n) is 16.7. The number of hydrogen-bond acceptors (Lipinski definition) is 6. The number of aromatic amines is 2. The van der Waals surface area contributed by atoms with Gasteiger partial charge in [0.1, 0.15) is 5.52 Å². The normalized spacial score (nSPS) is 11.5. The number of aromatic nitrogens is 2. The molecule has 2 aromatic carbocycles. The van der Waals surface area contributed by atoms with Crippen LogP contribution in [-0.4, -0.2) is 31.1 Å².